The smallest absolute Gasteiger partial charge is 0.340 e. The topological polar surface area (TPSA) is 87.8 Å². The Morgan fingerprint density at radius 2 is 2.00 bits per heavy atom. The molecule has 0 spiro atoms. The summed E-state index contributed by atoms with van der Waals surface area (Å²) in [5.74, 6) is 0.00343. The van der Waals surface area contributed by atoms with Gasteiger partial charge in [-0.1, -0.05) is 13.8 Å². The Morgan fingerprint density at radius 1 is 1.38 bits per heavy atom. The molecule has 1 aromatic heterocycles. The van der Waals surface area contributed by atoms with E-state index in [1.54, 1.807) is 6.92 Å². The first kappa shape index (κ1) is 12.5. The van der Waals surface area contributed by atoms with Crippen LogP contribution in [0.1, 0.15) is 39.4 Å². The van der Waals surface area contributed by atoms with Crippen molar-refractivity contribution >= 4 is 5.97 Å². The van der Waals surface area contributed by atoms with Gasteiger partial charge in [-0.2, -0.15) is 5.10 Å². The van der Waals surface area contributed by atoms with E-state index in [0.29, 0.717) is 25.3 Å². The molecule has 0 saturated carbocycles. The van der Waals surface area contributed by atoms with Crippen molar-refractivity contribution < 1.29 is 9.53 Å². The number of nitrogens with zero attached hydrogens (tertiary/aromatic N) is 1. The maximum Gasteiger partial charge on any atom is 0.340 e. The van der Waals surface area contributed by atoms with Crippen molar-refractivity contribution in [2.24, 2.45) is 0 Å². The third kappa shape index (κ3) is 2.00. The van der Waals surface area contributed by atoms with Crippen LogP contribution in [0.3, 0.4) is 0 Å². The fourth-order valence-corrected chi connectivity index (χ4v) is 1.74. The molecule has 6 nitrogen and oxygen atoms in total. The monoisotopic (exact) mass is 227 g/mol. The molecule has 2 N–H and O–H groups in total. The highest BCUT2D eigenvalue weighted by Gasteiger charge is 2.41. The number of carbonyl (C=O) groups is 1. The highest BCUT2D eigenvalue weighted by molar-refractivity contribution is 5.81. The molecule has 0 aliphatic rings. The van der Waals surface area contributed by atoms with Crippen LogP contribution in [-0.2, 0) is 14.9 Å². The summed E-state index contributed by atoms with van der Waals surface area (Å²) >= 11 is 0. The van der Waals surface area contributed by atoms with E-state index in [1.807, 2.05) is 13.8 Å². The summed E-state index contributed by atoms with van der Waals surface area (Å²) in [4.78, 5) is 25.5. The number of nitrogens with one attached hydrogen (secondary N) is 2. The van der Waals surface area contributed by atoms with Gasteiger partial charge in [0.1, 0.15) is 11.2 Å². The van der Waals surface area contributed by atoms with E-state index in [-0.39, 0.29) is 5.97 Å². The zero-order valence-electron chi connectivity index (χ0n) is 9.79. The average molecular weight is 227 g/mol. The highest BCUT2D eigenvalue weighted by atomic mass is 16.5. The number of ether oxygens (including phenoxy) is 1. The van der Waals surface area contributed by atoms with Crippen molar-refractivity contribution in [3.05, 3.63) is 16.3 Å². The van der Waals surface area contributed by atoms with E-state index in [1.165, 1.54) is 0 Å². The molecule has 0 fully saturated rings. The largest absolute Gasteiger partial charge is 0.465 e. The Kier molecular flexibility index (Phi) is 3.87. The van der Waals surface area contributed by atoms with Gasteiger partial charge in [-0.3, -0.25) is 9.78 Å². The first-order chi connectivity index (χ1) is 7.60. The van der Waals surface area contributed by atoms with Gasteiger partial charge in [-0.05, 0) is 19.8 Å². The number of H-pyrrole nitrogens is 2. The van der Waals surface area contributed by atoms with Crippen molar-refractivity contribution in [3.63, 3.8) is 0 Å². The third-order valence-corrected chi connectivity index (χ3v) is 2.83. The zero-order chi connectivity index (χ0) is 12.2. The van der Waals surface area contributed by atoms with Gasteiger partial charge in [0.25, 0.3) is 0 Å². The molecule has 0 aliphatic heterocycles. The minimum absolute atomic E-state index is 0.315. The van der Waals surface area contributed by atoms with Crippen LogP contribution in [-0.4, -0.2) is 27.8 Å². The van der Waals surface area contributed by atoms with Gasteiger partial charge in [0.2, 0.25) is 0 Å². The predicted molar refractivity (Wildman–Crippen MR) is 58.1 cm³/mol. The van der Waals surface area contributed by atoms with E-state index >= 15 is 0 Å². The third-order valence-electron chi connectivity index (χ3n) is 2.83. The average Bonchev–Trinajstić information content (AvgIpc) is 2.69. The standard InChI is InChI=1S/C10H17N3O3/c1-4-10(5-2,8(14)16-6-3)7-11-9(15)13-12-7/h4-6H2,1-3H3,(H2,11,12,13,15). The van der Waals surface area contributed by atoms with Crippen molar-refractivity contribution in [1.82, 2.24) is 15.2 Å². The van der Waals surface area contributed by atoms with Crippen molar-refractivity contribution in [2.75, 3.05) is 6.61 Å². The Morgan fingerprint density at radius 3 is 2.38 bits per heavy atom. The second-order valence-corrected chi connectivity index (χ2v) is 3.54. The molecule has 0 aliphatic carbocycles. The number of aromatic nitrogens is 3. The van der Waals surface area contributed by atoms with E-state index in [4.69, 9.17) is 4.74 Å². The Hall–Kier alpha value is -1.59. The van der Waals surface area contributed by atoms with Gasteiger partial charge in [-0.25, -0.2) is 9.89 Å². The molecule has 0 saturated heterocycles. The number of carbonyl (C=O) groups excluding carboxylic acids is 1. The number of hydrogen-bond acceptors (Lipinski definition) is 4. The van der Waals surface area contributed by atoms with Gasteiger partial charge in [0.05, 0.1) is 6.61 Å². The molecule has 6 heteroatoms. The lowest BCUT2D eigenvalue weighted by Gasteiger charge is -2.25. The van der Waals surface area contributed by atoms with Crippen LogP contribution in [0.25, 0.3) is 0 Å². The number of hydrogen-bond donors (Lipinski definition) is 2. The molecular weight excluding hydrogens is 210 g/mol. The van der Waals surface area contributed by atoms with Crippen LogP contribution >= 0.6 is 0 Å². The summed E-state index contributed by atoms with van der Waals surface area (Å²) in [7, 11) is 0. The van der Waals surface area contributed by atoms with E-state index < -0.39 is 11.1 Å². The molecule has 0 radical (unpaired) electrons. The Balaban J connectivity index is 3.14. The van der Waals surface area contributed by atoms with Crippen LogP contribution in [0.2, 0.25) is 0 Å². The summed E-state index contributed by atoms with van der Waals surface area (Å²) < 4.78 is 5.04. The van der Waals surface area contributed by atoms with Crippen molar-refractivity contribution in [1.29, 1.82) is 0 Å². The van der Waals surface area contributed by atoms with Gasteiger partial charge < -0.3 is 4.74 Å². The second kappa shape index (κ2) is 4.96. The molecule has 0 aromatic carbocycles. The summed E-state index contributed by atoms with van der Waals surface area (Å²) in [6.45, 7) is 5.80. The van der Waals surface area contributed by atoms with Crippen molar-refractivity contribution in [3.8, 4) is 0 Å². The van der Waals surface area contributed by atoms with Gasteiger partial charge in [-0.15, -0.1) is 0 Å². The lowest BCUT2D eigenvalue weighted by molar-refractivity contribution is -0.151. The molecule has 0 atom stereocenters. The molecule has 90 valence electrons. The van der Waals surface area contributed by atoms with Crippen LogP contribution in [0.4, 0.5) is 0 Å². The minimum atomic E-state index is -0.852. The molecule has 16 heavy (non-hydrogen) atoms. The quantitative estimate of drug-likeness (QED) is 0.725. The fourth-order valence-electron chi connectivity index (χ4n) is 1.74. The Labute approximate surface area is 93.4 Å². The van der Waals surface area contributed by atoms with Crippen LogP contribution in [0.15, 0.2) is 4.79 Å². The lowest BCUT2D eigenvalue weighted by Crippen LogP contribution is -2.38. The number of esters is 1. The van der Waals surface area contributed by atoms with Crippen LogP contribution in [0.5, 0.6) is 0 Å². The molecular formula is C10H17N3O3. The van der Waals surface area contributed by atoms with Crippen LogP contribution < -0.4 is 5.69 Å². The molecule has 0 bridgehead atoms. The molecule has 0 unspecified atom stereocenters. The fraction of sp³-hybridized carbons (Fsp3) is 0.700. The predicted octanol–water partition coefficient (Wildman–Crippen LogP) is 0.719. The van der Waals surface area contributed by atoms with Crippen molar-refractivity contribution in [2.45, 2.75) is 39.0 Å². The molecule has 0 amide bonds. The first-order valence-electron chi connectivity index (χ1n) is 5.43. The summed E-state index contributed by atoms with van der Waals surface area (Å²) in [6.07, 6.45) is 1.06. The van der Waals surface area contributed by atoms with Crippen LogP contribution in [0, 0.1) is 0 Å². The maximum absolute atomic E-state index is 11.9. The van der Waals surface area contributed by atoms with Gasteiger partial charge in [0.15, 0.2) is 0 Å². The second-order valence-electron chi connectivity index (χ2n) is 3.54. The van der Waals surface area contributed by atoms with E-state index in [9.17, 15) is 9.59 Å². The molecule has 1 aromatic rings. The van der Waals surface area contributed by atoms with E-state index in [0.717, 1.165) is 0 Å². The lowest BCUT2D eigenvalue weighted by atomic mass is 9.81. The highest BCUT2D eigenvalue weighted by Crippen LogP contribution is 2.29. The minimum Gasteiger partial charge on any atom is -0.465 e. The number of aromatic amines is 2. The van der Waals surface area contributed by atoms with E-state index in [2.05, 4.69) is 15.2 Å². The van der Waals surface area contributed by atoms with Gasteiger partial charge in [0, 0.05) is 0 Å². The SMILES string of the molecule is CCOC(=O)C(CC)(CC)c1n[nH]c(=O)[nH]1. The first-order valence-corrected chi connectivity index (χ1v) is 5.43. The normalized spacial score (nSPS) is 11.4. The zero-order valence-corrected chi connectivity index (χ0v) is 9.79. The molecule has 1 rings (SSSR count). The van der Waals surface area contributed by atoms with Gasteiger partial charge >= 0.3 is 11.7 Å². The Bertz CT molecular complexity index is 403. The summed E-state index contributed by atoms with van der Waals surface area (Å²) in [5, 5.41) is 6.11. The number of rotatable bonds is 5. The summed E-state index contributed by atoms with van der Waals surface area (Å²) in [6, 6.07) is 0. The molecule has 1 heterocycles. The summed E-state index contributed by atoms with van der Waals surface area (Å²) in [5.41, 5.74) is -1.26. The maximum atomic E-state index is 11.9.